The van der Waals surface area contributed by atoms with Crippen molar-refractivity contribution in [3.63, 3.8) is 0 Å². The quantitative estimate of drug-likeness (QED) is 0.621. The summed E-state index contributed by atoms with van der Waals surface area (Å²) < 4.78 is 13.3. The number of nitrogens with zero attached hydrogens (tertiary/aromatic N) is 1. The molecule has 1 nitrogen and oxygen atoms in total. The Labute approximate surface area is 78.0 Å². The van der Waals surface area contributed by atoms with Crippen LogP contribution in [-0.4, -0.2) is 0 Å². The van der Waals surface area contributed by atoms with Gasteiger partial charge in [-0.25, -0.2) is 4.39 Å². The third-order valence-corrected chi connectivity index (χ3v) is 1.87. The summed E-state index contributed by atoms with van der Waals surface area (Å²) in [7, 11) is 0. The molecule has 1 aromatic carbocycles. The van der Waals surface area contributed by atoms with Crippen LogP contribution in [0.4, 0.5) is 4.39 Å². The summed E-state index contributed by atoms with van der Waals surface area (Å²) in [4.78, 5) is 0. The molecular weight excluding hydrogens is 221 g/mol. The molecule has 0 saturated carbocycles. The van der Waals surface area contributed by atoms with Crippen molar-refractivity contribution in [2.24, 2.45) is 0 Å². The molecule has 0 radical (unpaired) electrons. The van der Waals surface area contributed by atoms with Crippen molar-refractivity contribution in [1.29, 1.82) is 5.26 Å². The van der Waals surface area contributed by atoms with Gasteiger partial charge in [0, 0.05) is 16.0 Å². The number of halogens is 2. The minimum absolute atomic E-state index is 0.361. The van der Waals surface area contributed by atoms with Gasteiger partial charge in [-0.05, 0) is 40.0 Å². The average Bonchev–Trinajstić information content (AvgIpc) is 2.07. The molecule has 0 atom stereocenters. The van der Waals surface area contributed by atoms with Crippen LogP contribution >= 0.6 is 15.9 Å². The van der Waals surface area contributed by atoms with Crippen molar-refractivity contribution >= 4 is 15.9 Å². The molecule has 0 aliphatic rings. The average molecular weight is 224 g/mol. The fraction of sp³-hybridized carbons (Fsp3) is 0. The van der Waals surface area contributed by atoms with E-state index in [-0.39, 0.29) is 5.82 Å². The maximum atomic E-state index is 12.6. The van der Waals surface area contributed by atoms with Crippen LogP contribution in [0.5, 0.6) is 0 Å². The van der Waals surface area contributed by atoms with Crippen LogP contribution in [0.2, 0.25) is 0 Å². The van der Waals surface area contributed by atoms with E-state index in [4.69, 9.17) is 5.26 Å². The second-order valence-electron chi connectivity index (χ2n) is 1.99. The predicted octanol–water partition coefficient (Wildman–Crippen LogP) is 2.46. The van der Waals surface area contributed by atoms with E-state index in [2.05, 4.69) is 27.8 Å². The van der Waals surface area contributed by atoms with Gasteiger partial charge in [-0.15, -0.1) is 0 Å². The van der Waals surface area contributed by atoms with E-state index in [1.807, 2.05) is 0 Å². The lowest BCUT2D eigenvalue weighted by Crippen LogP contribution is -1.79. The lowest BCUT2D eigenvalue weighted by Gasteiger charge is -1.93. The number of rotatable bonds is 0. The highest BCUT2D eigenvalue weighted by Crippen LogP contribution is 2.16. The van der Waals surface area contributed by atoms with Crippen molar-refractivity contribution in [2.75, 3.05) is 0 Å². The summed E-state index contributed by atoms with van der Waals surface area (Å²) >= 11 is 3.18. The fourth-order valence-corrected chi connectivity index (χ4v) is 1.03. The van der Waals surface area contributed by atoms with E-state index >= 15 is 0 Å². The third kappa shape index (κ3) is 2.08. The highest BCUT2D eigenvalue weighted by atomic mass is 79.9. The Morgan fingerprint density at radius 2 is 2.17 bits per heavy atom. The molecule has 12 heavy (non-hydrogen) atoms. The highest BCUT2D eigenvalue weighted by Gasteiger charge is 1.97. The molecule has 0 bridgehead atoms. The summed E-state index contributed by atoms with van der Waals surface area (Å²) in [5, 5.41) is 8.16. The lowest BCUT2D eigenvalue weighted by molar-refractivity contribution is 0.627. The molecule has 0 aromatic heterocycles. The Hall–Kier alpha value is -1.32. The van der Waals surface area contributed by atoms with Crippen molar-refractivity contribution < 1.29 is 4.39 Å². The molecule has 1 aromatic rings. The molecule has 0 unspecified atom stereocenters. The smallest absolute Gasteiger partial charge is 0.152 e. The van der Waals surface area contributed by atoms with Gasteiger partial charge in [-0.3, -0.25) is 0 Å². The first kappa shape index (κ1) is 8.77. The maximum Gasteiger partial charge on any atom is 0.152 e. The van der Waals surface area contributed by atoms with Gasteiger partial charge in [-0.1, -0.05) is 0 Å². The van der Waals surface area contributed by atoms with Crippen LogP contribution < -0.4 is 0 Å². The van der Waals surface area contributed by atoms with E-state index < -0.39 is 0 Å². The van der Waals surface area contributed by atoms with E-state index in [0.29, 0.717) is 10.0 Å². The van der Waals surface area contributed by atoms with Gasteiger partial charge in [0.15, 0.2) is 6.07 Å². The molecule has 0 heterocycles. The van der Waals surface area contributed by atoms with Crippen molar-refractivity contribution in [3.8, 4) is 17.9 Å². The SMILES string of the molecule is N#CC#Cc1cc(F)ccc1Br. The molecule has 0 N–H and O–H groups in total. The van der Waals surface area contributed by atoms with E-state index in [0.717, 1.165) is 0 Å². The van der Waals surface area contributed by atoms with Gasteiger partial charge in [-0.2, -0.15) is 5.26 Å². The number of nitriles is 1. The van der Waals surface area contributed by atoms with Crippen molar-refractivity contribution in [1.82, 2.24) is 0 Å². The molecule has 1 rings (SSSR count). The van der Waals surface area contributed by atoms with Gasteiger partial charge < -0.3 is 0 Å². The van der Waals surface area contributed by atoms with E-state index in [1.54, 1.807) is 12.1 Å². The first-order valence-corrected chi connectivity index (χ1v) is 3.88. The van der Waals surface area contributed by atoms with Crippen LogP contribution in [-0.2, 0) is 0 Å². The second kappa shape index (κ2) is 3.90. The lowest BCUT2D eigenvalue weighted by atomic mass is 10.2. The Morgan fingerprint density at radius 1 is 1.42 bits per heavy atom. The molecule has 0 spiro atoms. The Balaban J connectivity index is 3.16. The molecule has 0 aliphatic heterocycles. The standard InChI is InChI=1S/C9H3BrFN/c10-9-4-3-8(11)6-7(9)2-1-5-12/h3-4,6H. The molecule has 0 saturated heterocycles. The molecule has 0 aliphatic carbocycles. The van der Waals surface area contributed by atoms with Crippen LogP contribution in [0.1, 0.15) is 5.56 Å². The largest absolute Gasteiger partial charge is 0.207 e. The van der Waals surface area contributed by atoms with Gasteiger partial charge in [0.2, 0.25) is 0 Å². The third-order valence-electron chi connectivity index (χ3n) is 1.18. The van der Waals surface area contributed by atoms with Gasteiger partial charge in [0.1, 0.15) is 5.82 Å². The minimum Gasteiger partial charge on any atom is -0.207 e. The van der Waals surface area contributed by atoms with Gasteiger partial charge in [0.05, 0.1) is 0 Å². The first-order valence-electron chi connectivity index (χ1n) is 3.09. The summed E-state index contributed by atoms with van der Waals surface area (Å²) in [6.07, 6.45) is 0. The van der Waals surface area contributed by atoms with Crippen LogP contribution in [0.25, 0.3) is 0 Å². The highest BCUT2D eigenvalue weighted by molar-refractivity contribution is 9.10. The van der Waals surface area contributed by atoms with Crippen molar-refractivity contribution in [2.45, 2.75) is 0 Å². The Morgan fingerprint density at radius 3 is 2.83 bits per heavy atom. The van der Waals surface area contributed by atoms with Crippen LogP contribution in [0, 0.1) is 29.0 Å². The van der Waals surface area contributed by atoms with Gasteiger partial charge in [0.25, 0.3) is 0 Å². The molecule has 0 fully saturated rings. The summed E-state index contributed by atoms with van der Waals surface area (Å²) in [6.45, 7) is 0. The minimum atomic E-state index is -0.361. The monoisotopic (exact) mass is 223 g/mol. The van der Waals surface area contributed by atoms with E-state index in [9.17, 15) is 4.39 Å². The zero-order valence-corrected chi connectivity index (χ0v) is 7.52. The normalized spacial score (nSPS) is 8.08. The molecule has 0 amide bonds. The van der Waals surface area contributed by atoms with Crippen LogP contribution in [0.3, 0.4) is 0 Å². The number of hydrogen-bond donors (Lipinski definition) is 0. The summed E-state index contributed by atoms with van der Waals surface area (Å²) in [5.74, 6) is 4.34. The zero-order chi connectivity index (χ0) is 8.97. The molecule has 58 valence electrons. The number of benzene rings is 1. The van der Waals surface area contributed by atoms with E-state index in [1.165, 1.54) is 12.1 Å². The Bertz CT molecular complexity index is 395. The predicted molar refractivity (Wildman–Crippen MR) is 46.6 cm³/mol. The second-order valence-corrected chi connectivity index (χ2v) is 2.84. The number of hydrogen-bond acceptors (Lipinski definition) is 1. The first-order chi connectivity index (χ1) is 5.74. The fourth-order valence-electron chi connectivity index (χ4n) is 0.689. The zero-order valence-electron chi connectivity index (χ0n) is 5.94. The molecular formula is C9H3BrFN. The van der Waals surface area contributed by atoms with Gasteiger partial charge >= 0.3 is 0 Å². The molecule has 3 heteroatoms. The maximum absolute atomic E-state index is 12.6. The van der Waals surface area contributed by atoms with Crippen molar-refractivity contribution in [3.05, 3.63) is 34.1 Å². The Kier molecular flexibility index (Phi) is 2.85. The topological polar surface area (TPSA) is 23.8 Å². The summed E-state index contributed by atoms with van der Waals surface area (Å²) in [5.41, 5.74) is 0.483. The van der Waals surface area contributed by atoms with Crippen LogP contribution in [0.15, 0.2) is 22.7 Å². The summed E-state index contributed by atoms with van der Waals surface area (Å²) in [6, 6.07) is 5.80.